The highest BCUT2D eigenvalue weighted by molar-refractivity contribution is 6.05. The van der Waals surface area contributed by atoms with Crippen LogP contribution in [0.15, 0.2) is 73.2 Å². The normalized spacial score (nSPS) is 11.9. The van der Waals surface area contributed by atoms with Crippen LogP contribution in [-0.4, -0.2) is 27.7 Å². The summed E-state index contributed by atoms with van der Waals surface area (Å²) in [6.07, 6.45) is 6.34. The summed E-state index contributed by atoms with van der Waals surface area (Å²) < 4.78 is 1.93. The average Bonchev–Trinajstić information content (AvgIpc) is 3.34. The first-order chi connectivity index (χ1) is 18.5. The van der Waals surface area contributed by atoms with Crippen molar-refractivity contribution in [2.24, 2.45) is 5.73 Å². The van der Waals surface area contributed by atoms with E-state index < -0.39 is 0 Å². The molecule has 39 heavy (non-hydrogen) atoms. The molecule has 3 N–H and O–H groups in total. The Bertz CT molecular complexity index is 1510. The molecule has 0 unspecified atom stereocenters. The Morgan fingerprint density at radius 1 is 1.08 bits per heavy atom. The Labute approximate surface area is 231 Å². The second-order valence-electron chi connectivity index (χ2n) is 10.9. The van der Waals surface area contributed by atoms with E-state index in [1.54, 1.807) is 0 Å². The van der Waals surface area contributed by atoms with E-state index in [0.29, 0.717) is 11.3 Å². The first kappa shape index (κ1) is 27.6. The number of amides is 1. The van der Waals surface area contributed by atoms with Crippen LogP contribution < -0.4 is 16.0 Å². The molecule has 7 nitrogen and oxygen atoms in total. The Morgan fingerprint density at radius 3 is 2.46 bits per heavy atom. The lowest BCUT2D eigenvalue weighted by molar-refractivity contribution is 0.102. The van der Waals surface area contributed by atoms with Gasteiger partial charge in [-0.15, -0.1) is 0 Å². The summed E-state index contributed by atoms with van der Waals surface area (Å²) in [6.45, 7) is 12.4. The molecular formula is C32H38N6O. The van der Waals surface area contributed by atoms with Crippen molar-refractivity contribution in [1.29, 1.82) is 0 Å². The minimum absolute atomic E-state index is 0.0680. The molecule has 0 aliphatic rings. The van der Waals surface area contributed by atoms with Gasteiger partial charge < -0.3 is 16.0 Å². The topological polar surface area (TPSA) is 89.1 Å². The van der Waals surface area contributed by atoms with Crippen molar-refractivity contribution < 1.29 is 4.79 Å². The maximum absolute atomic E-state index is 13.3. The molecule has 4 aromatic rings. The van der Waals surface area contributed by atoms with E-state index in [9.17, 15) is 4.79 Å². The molecule has 2 aromatic heterocycles. The first-order valence-electron chi connectivity index (χ1n) is 13.2. The average molecular weight is 523 g/mol. The number of para-hydroxylation sites is 1. The molecule has 2 aromatic carbocycles. The number of carbonyl (C=O) groups is 1. The molecule has 0 saturated carbocycles. The quantitative estimate of drug-likeness (QED) is 0.294. The van der Waals surface area contributed by atoms with Crippen molar-refractivity contribution in [3.8, 4) is 5.69 Å². The van der Waals surface area contributed by atoms with Crippen molar-refractivity contribution in [3.63, 3.8) is 0 Å². The number of nitrogens with zero attached hydrogens (tertiary/aromatic N) is 4. The Hall–Kier alpha value is -4.39. The van der Waals surface area contributed by atoms with Gasteiger partial charge in [0.15, 0.2) is 0 Å². The lowest BCUT2D eigenvalue weighted by Gasteiger charge is -2.21. The summed E-state index contributed by atoms with van der Waals surface area (Å²) in [6, 6.07) is 17.7. The van der Waals surface area contributed by atoms with Crippen LogP contribution in [0.25, 0.3) is 11.4 Å². The van der Waals surface area contributed by atoms with Crippen LogP contribution in [0.4, 0.5) is 11.4 Å². The van der Waals surface area contributed by atoms with E-state index in [4.69, 9.17) is 5.73 Å². The molecule has 0 radical (unpaired) electrons. The van der Waals surface area contributed by atoms with Crippen LogP contribution in [0.5, 0.6) is 0 Å². The maximum atomic E-state index is 13.3. The molecule has 2 heterocycles. The summed E-state index contributed by atoms with van der Waals surface area (Å²) in [5.74, 6) is -0.185. The maximum Gasteiger partial charge on any atom is 0.255 e. The van der Waals surface area contributed by atoms with Crippen LogP contribution in [0, 0.1) is 13.8 Å². The fourth-order valence-corrected chi connectivity index (χ4v) is 4.49. The van der Waals surface area contributed by atoms with E-state index in [1.807, 2.05) is 104 Å². The number of carbonyl (C=O) groups excluding carboxylic acids is 1. The van der Waals surface area contributed by atoms with Gasteiger partial charge in [0.2, 0.25) is 0 Å². The number of aromatic nitrogens is 3. The molecule has 4 rings (SSSR count). The molecule has 0 fully saturated rings. The van der Waals surface area contributed by atoms with E-state index in [2.05, 4.69) is 43.1 Å². The lowest BCUT2D eigenvalue weighted by atomic mass is 9.88. The SMILES string of the molecule is CCc1c(/C(N)=C/N(C)c2cc(C(=O)Nc3cc(C(C)(C)C)cnc3C)ccc2C)cnn1-c1ccccc1. The van der Waals surface area contributed by atoms with E-state index in [-0.39, 0.29) is 11.3 Å². The third kappa shape index (κ3) is 6.03. The predicted octanol–water partition coefficient (Wildman–Crippen LogP) is 6.39. The van der Waals surface area contributed by atoms with E-state index in [0.717, 1.165) is 51.6 Å². The van der Waals surface area contributed by atoms with Gasteiger partial charge in [-0.25, -0.2) is 4.68 Å². The third-order valence-corrected chi connectivity index (χ3v) is 6.90. The zero-order valence-corrected chi connectivity index (χ0v) is 23.9. The highest BCUT2D eigenvalue weighted by Crippen LogP contribution is 2.27. The number of aryl methyl sites for hydroxylation is 2. The van der Waals surface area contributed by atoms with E-state index in [1.165, 1.54) is 0 Å². The molecule has 0 bridgehead atoms. The van der Waals surface area contributed by atoms with Crippen molar-refractivity contribution in [3.05, 3.63) is 107 Å². The Kier molecular flexibility index (Phi) is 7.90. The number of pyridine rings is 1. The summed E-state index contributed by atoms with van der Waals surface area (Å²) in [5, 5.41) is 7.65. The molecule has 0 aliphatic heterocycles. The predicted molar refractivity (Wildman–Crippen MR) is 160 cm³/mol. The second kappa shape index (κ2) is 11.2. The Morgan fingerprint density at radius 2 is 1.79 bits per heavy atom. The van der Waals surface area contributed by atoms with Gasteiger partial charge in [0, 0.05) is 36.3 Å². The van der Waals surface area contributed by atoms with Gasteiger partial charge in [-0.2, -0.15) is 5.10 Å². The minimum Gasteiger partial charge on any atom is -0.397 e. The summed E-state index contributed by atoms with van der Waals surface area (Å²) >= 11 is 0. The van der Waals surface area contributed by atoms with Gasteiger partial charge in [-0.1, -0.05) is 52.0 Å². The molecule has 0 atom stereocenters. The number of hydrogen-bond acceptors (Lipinski definition) is 5. The molecule has 0 spiro atoms. The zero-order chi connectivity index (χ0) is 28.3. The van der Waals surface area contributed by atoms with Gasteiger partial charge in [-0.3, -0.25) is 9.78 Å². The zero-order valence-electron chi connectivity index (χ0n) is 23.9. The molecule has 7 heteroatoms. The summed E-state index contributed by atoms with van der Waals surface area (Å²) in [4.78, 5) is 19.7. The van der Waals surface area contributed by atoms with Gasteiger partial charge in [0.25, 0.3) is 5.91 Å². The van der Waals surface area contributed by atoms with Gasteiger partial charge in [0.1, 0.15) is 0 Å². The van der Waals surface area contributed by atoms with Crippen molar-refractivity contribution in [1.82, 2.24) is 14.8 Å². The summed E-state index contributed by atoms with van der Waals surface area (Å²) in [7, 11) is 1.94. The molecule has 1 amide bonds. The summed E-state index contributed by atoms with van der Waals surface area (Å²) in [5.41, 5.74) is 15.1. The van der Waals surface area contributed by atoms with Crippen LogP contribution in [0.2, 0.25) is 0 Å². The lowest BCUT2D eigenvalue weighted by Crippen LogP contribution is -2.18. The highest BCUT2D eigenvalue weighted by Gasteiger charge is 2.18. The van der Waals surface area contributed by atoms with Crippen molar-refractivity contribution >= 4 is 23.0 Å². The molecule has 0 aliphatic carbocycles. The van der Waals surface area contributed by atoms with Gasteiger partial charge >= 0.3 is 0 Å². The van der Waals surface area contributed by atoms with Gasteiger partial charge in [0.05, 0.1) is 34.7 Å². The number of benzene rings is 2. The van der Waals surface area contributed by atoms with E-state index >= 15 is 0 Å². The standard InChI is InChI=1S/C32H38N6O/c1-8-29-26(19-35-38(29)25-12-10-9-11-13-25)27(33)20-37(7)30-16-23(15-14-21(30)2)31(39)36-28-17-24(32(4,5)6)18-34-22(28)3/h9-20H,8,33H2,1-7H3,(H,36,39)/b27-20-. The van der Waals surface area contributed by atoms with Crippen LogP contribution >= 0.6 is 0 Å². The highest BCUT2D eigenvalue weighted by atomic mass is 16.1. The fourth-order valence-electron chi connectivity index (χ4n) is 4.49. The second-order valence-corrected chi connectivity index (χ2v) is 10.9. The number of nitrogens with one attached hydrogen (secondary N) is 1. The number of nitrogens with two attached hydrogens (primary N) is 1. The van der Waals surface area contributed by atoms with Crippen LogP contribution in [0.1, 0.15) is 66.1 Å². The third-order valence-electron chi connectivity index (χ3n) is 6.90. The Balaban J connectivity index is 1.60. The number of hydrogen-bond donors (Lipinski definition) is 2. The molecular weight excluding hydrogens is 484 g/mol. The van der Waals surface area contributed by atoms with Crippen molar-refractivity contribution in [2.45, 2.75) is 53.4 Å². The first-order valence-corrected chi connectivity index (χ1v) is 13.2. The largest absolute Gasteiger partial charge is 0.397 e. The smallest absolute Gasteiger partial charge is 0.255 e. The molecule has 202 valence electrons. The van der Waals surface area contributed by atoms with Crippen LogP contribution in [0.3, 0.4) is 0 Å². The fraction of sp³-hybridized carbons (Fsp3) is 0.281. The number of anilines is 2. The molecule has 0 saturated heterocycles. The number of rotatable bonds is 7. The monoisotopic (exact) mass is 522 g/mol. The minimum atomic E-state index is -0.185. The van der Waals surface area contributed by atoms with Gasteiger partial charge in [-0.05, 0) is 67.1 Å². The van der Waals surface area contributed by atoms with Crippen LogP contribution in [-0.2, 0) is 11.8 Å². The van der Waals surface area contributed by atoms with Crippen molar-refractivity contribution in [2.75, 3.05) is 17.3 Å².